The number of hydrogen-bond donors (Lipinski definition) is 3. The van der Waals surface area contributed by atoms with Crippen molar-refractivity contribution in [3.05, 3.63) is 53.6 Å². The quantitative estimate of drug-likeness (QED) is 0.618. The molecule has 31 heavy (non-hydrogen) atoms. The highest BCUT2D eigenvalue weighted by Crippen LogP contribution is 2.30. The summed E-state index contributed by atoms with van der Waals surface area (Å²) in [4.78, 5) is 40.1. The first-order valence-corrected chi connectivity index (χ1v) is 10.2. The van der Waals surface area contributed by atoms with Crippen molar-refractivity contribution in [3.8, 4) is 0 Å². The van der Waals surface area contributed by atoms with Crippen LogP contribution >= 0.6 is 0 Å². The Hall–Kier alpha value is -3.39. The lowest BCUT2D eigenvalue weighted by Crippen LogP contribution is -2.40. The van der Waals surface area contributed by atoms with E-state index in [0.717, 1.165) is 18.5 Å². The Kier molecular flexibility index (Phi) is 6.91. The molecule has 8 heteroatoms. The number of rotatable bonds is 6. The van der Waals surface area contributed by atoms with Crippen molar-refractivity contribution in [2.24, 2.45) is 0 Å². The highest BCUT2D eigenvalue weighted by Gasteiger charge is 2.22. The molecule has 3 rings (SSSR count). The molecule has 3 amide bonds. The van der Waals surface area contributed by atoms with Crippen LogP contribution in [0.15, 0.2) is 42.5 Å². The zero-order valence-electron chi connectivity index (χ0n) is 18.4. The van der Waals surface area contributed by atoms with E-state index in [1.165, 1.54) is 18.2 Å². The Morgan fingerprint density at radius 1 is 1.03 bits per heavy atom. The second kappa shape index (κ2) is 9.61. The molecule has 164 valence electrons. The molecule has 1 aliphatic rings. The van der Waals surface area contributed by atoms with Crippen LogP contribution in [0.3, 0.4) is 0 Å². The minimum Gasteiger partial charge on any atom is -0.374 e. The molecule has 1 atom stereocenters. The van der Waals surface area contributed by atoms with E-state index in [1.54, 1.807) is 24.3 Å². The third-order valence-corrected chi connectivity index (χ3v) is 5.34. The van der Waals surface area contributed by atoms with Gasteiger partial charge in [0.15, 0.2) is 0 Å². The number of likely N-dealkylation sites (N-methyl/N-ethyl adjacent to an activating group) is 2. The van der Waals surface area contributed by atoms with Gasteiger partial charge in [-0.05, 0) is 55.9 Å². The predicted molar refractivity (Wildman–Crippen MR) is 122 cm³/mol. The van der Waals surface area contributed by atoms with E-state index in [1.807, 2.05) is 19.0 Å². The monoisotopic (exact) mass is 423 g/mol. The molecule has 8 nitrogen and oxygen atoms in total. The number of carbonyl (C=O) groups excluding carboxylic acids is 3. The topological polar surface area (TPSA) is 93.8 Å². The highest BCUT2D eigenvalue weighted by atomic mass is 16.2. The van der Waals surface area contributed by atoms with Crippen LogP contribution in [0.2, 0.25) is 0 Å². The van der Waals surface area contributed by atoms with Crippen LogP contribution in [0.1, 0.15) is 24.1 Å². The molecule has 1 heterocycles. The van der Waals surface area contributed by atoms with Crippen molar-refractivity contribution in [3.63, 3.8) is 0 Å². The number of hydrogen-bond acceptors (Lipinski definition) is 5. The van der Waals surface area contributed by atoms with Crippen LogP contribution in [0.4, 0.5) is 17.1 Å². The van der Waals surface area contributed by atoms with Crippen LogP contribution in [-0.2, 0) is 20.8 Å². The second-order valence-corrected chi connectivity index (χ2v) is 7.97. The summed E-state index contributed by atoms with van der Waals surface area (Å²) < 4.78 is 0. The normalized spacial score (nSPS) is 13.5. The number of nitrogens with one attached hydrogen (secondary N) is 3. The van der Waals surface area contributed by atoms with E-state index in [4.69, 9.17) is 0 Å². The number of anilines is 3. The first kappa shape index (κ1) is 22.3. The molecule has 2 aromatic carbocycles. The molecule has 0 spiro atoms. The van der Waals surface area contributed by atoms with Crippen LogP contribution in [0.25, 0.3) is 0 Å². The molecule has 0 saturated carbocycles. The third kappa shape index (κ3) is 5.61. The van der Waals surface area contributed by atoms with Crippen LogP contribution in [0.5, 0.6) is 0 Å². The van der Waals surface area contributed by atoms with Gasteiger partial charge in [-0.25, -0.2) is 0 Å². The fraction of sp³-hybridized carbons (Fsp3) is 0.348. The molecule has 2 aromatic rings. The summed E-state index contributed by atoms with van der Waals surface area (Å²) in [5, 5.41) is 7.94. The molecule has 0 aliphatic carbocycles. The molecule has 0 bridgehead atoms. The maximum Gasteiger partial charge on any atom is 0.313 e. The van der Waals surface area contributed by atoms with Gasteiger partial charge < -0.3 is 25.8 Å². The smallest absolute Gasteiger partial charge is 0.313 e. The third-order valence-electron chi connectivity index (χ3n) is 5.34. The Balaban J connectivity index is 1.61. The van der Waals surface area contributed by atoms with Gasteiger partial charge in [0.05, 0.1) is 6.04 Å². The first-order chi connectivity index (χ1) is 14.7. The number of nitrogens with zero attached hydrogens (tertiary/aromatic N) is 2. The fourth-order valence-corrected chi connectivity index (χ4v) is 3.73. The van der Waals surface area contributed by atoms with E-state index in [-0.39, 0.29) is 11.9 Å². The van der Waals surface area contributed by atoms with E-state index in [0.29, 0.717) is 17.9 Å². The Morgan fingerprint density at radius 3 is 2.42 bits per heavy atom. The number of benzene rings is 2. The average Bonchev–Trinajstić information content (AvgIpc) is 3.08. The van der Waals surface area contributed by atoms with Crippen LogP contribution in [0, 0.1) is 0 Å². The molecule has 3 N–H and O–H groups in total. The first-order valence-electron chi connectivity index (χ1n) is 10.2. The minimum absolute atomic E-state index is 0.0592. The van der Waals surface area contributed by atoms with Gasteiger partial charge in [0.25, 0.3) is 0 Å². The van der Waals surface area contributed by atoms with Crippen molar-refractivity contribution >= 4 is 34.8 Å². The Morgan fingerprint density at radius 2 is 1.74 bits per heavy atom. The fourth-order valence-electron chi connectivity index (χ4n) is 3.73. The molecule has 0 unspecified atom stereocenters. The Bertz CT molecular complexity index is 989. The zero-order chi connectivity index (χ0) is 22.5. The van der Waals surface area contributed by atoms with Gasteiger partial charge in [-0.1, -0.05) is 18.2 Å². The summed E-state index contributed by atoms with van der Waals surface area (Å²) in [6, 6.07) is 13.0. The lowest BCUT2D eigenvalue weighted by atomic mass is 10.0. The molecule has 0 saturated heterocycles. The van der Waals surface area contributed by atoms with E-state index < -0.39 is 11.8 Å². The summed E-state index contributed by atoms with van der Waals surface area (Å²) in [5.41, 5.74) is 4.61. The lowest BCUT2D eigenvalue weighted by Gasteiger charge is -2.26. The number of fused-ring (bicyclic) bond motifs is 1. The van der Waals surface area contributed by atoms with Gasteiger partial charge in [-0.3, -0.25) is 14.4 Å². The van der Waals surface area contributed by atoms with Crippen LogP contribution < -0.4 is 20.9 Å². The number of amides is 3. The molecule has 1 aliphatic heterocycles. The van der Waals surface area contributed by atoms with Crippen molar-refractivity contribution in [1.29, 1.82) is 0 Å². The zero-order valence-corrected chi connectivity index (χ0v) is 18.4. The summed E-state index contributed by atoms with van der Waals surface area (Å²) >= 11 is 0. The maximum absolute atomic E-state index is 12.4. The van der Waals surface area contributed by atoms with E-state index in [2.05, 4.69) is 46.1 Å². The van der Waals surface area contributed by atoms with Gasteiger partial charge in [-0.15, -0.1) is 0 Å². The van der Waals surface area contributed by atoms with Crippen molar-refractivity contribution < 1.29 is 14.4 Å². The predicted octanol–water partition coefficient (Wildman–Crippen LogP) is 1.99. The Labute approximate surface area is 182 Å². The summed E-state index contributed by atoms with van der Waals surface area (Å²) in [6.07, 6.45) is 1.01. The van der Waals surface area contributed by atoms with E-state index >= 15 is 0 Å². The summed E-state index contributed by atoms with van der Waals surface area (Å²) in [6.45, 7) is 2.71. The highest BCUT2D eigenvalue weighted by molar-refractivity contribution is 6.39. The van der Waals surface area contributed by atoms with E-state index in [9.17, 15) is 14.4 Å². The molecular formula is C23H29N5O3. The standard InChI is InChI=1S/C23H29N5O3/c1-15(29)25-18-6-5-7-19(13-18)26-23(31)22(30)24-14-21(27(2)3)16-8-9-20-17(12-16)10-11-28(20)4/h5-9,12-13,21H,10-11,14H2,1-4H3,(H,24,30)(H,25,29)(H,26,31)/t21-/m1/s1. The van der Waals surface area contributed by atoms with Gasteiger partial charge in [0.2, 0.25) is 5.91 Å². The van der Waals surface area contributed by atoms with Crippen molar-refractivity contribution in [1.82, 2.24) is 10.2 Å². The number of carbonyl (C=O) groups is 3. The maximum atomic E-state index is 12.4. The largest absolute Gasteiger partial charge is 0.374 e. The average molecular weight is 424 g/mol. The lowest BCUT2D eigenvalue weighted by molar-refractivity contribution is -0.136. The molecule has 0 fully saturated rings. The SMILES string of the molecule is CC(=O)Nc1cccc(NC(=O)C(=O)NC[C@H](c2ccc3c(c2)CCN3C)N(C)C)c1. The van der Waals surface area contributed by atoms with Gasteiger partial charge >= 0.3 is 11.8 Å². The van der Waals surface area contributed by atoms with Gasteiger partial charge in [-0.2, -0.15) is 0 Å². The summed E-state index contributed by atoms with van der Waals surface area (Å²) in [7, 11) is 5.98. The van der Waals surface area contributed by atoms with Crippen molar-refractivity contribution in [2.75, 3.05) is 49.8 Å². The van der Waals surface area contributed by atoms with Crippen molar-refractivity contribution in [2.45, 2.75) is 19.4 Å². The molecule has 0 radical (unpaired) electrons. The summed E-state index contributed by atoms with van der Waals surface area (Å²) in [5.74, 6) is -1.68. The van der Waals surface area contributed by atoms with Gasteiger partial charge in [0.1, 0.15) is 0 Å². The minimum atomic E-state index is -0.756. The molecular weight excluding hydrogens is 394 g/mol. The molecule has 0 aromatic heterocycles. The van der Waals surface area contributed by atoms with Gasteiger partial charge in [0, 0.05) is 44.1 Å². The second-order valence-electron chi connectivity index (χ2n) is 7.97. The van der Waals surface area contributed by atoms with Crippen LogP contribution in [-0.4, -0.2) is 56.9 Å².